The summed E-state index contributed by atoms with van der Waals surface area (Å²) in [4.78, 5) is 36.1. The summed E-state index contributed by atoms with van der Waals surface area (Å²) in [5.41, 5.74) is 0.237. The van der Waals surface area contributed by atoms with Crippen LogP contribution in [0.2, 0.25) is 0 Å². The summed E-state index contributed by atoms with van der Waals surface area (Å²) in [6, 6.07) is 4.14. The van der Waals surface area contributed by atoms with Gasteiger partial charge in [-0.05, 0) is 38.0 Å². The predicted octanol–water partition coefficient (Wildman–Crippen LogP) is 2.12. The van der Waals surface area contributed by atoms with Crippen LogP contribution in [0.1, 0.15) is 49.4 Å². The second kappa shape index (κ2) is 8.07. The van der Waals surface area contributed by atoms with E-state index in [0.717, 1.165) is 25.7 Å². The number of carbonyl (C=O) groups is 3. The highest BCUT2D eigenvalue weighted by molar-refractivity contribution is 5.98. The number of esters is 1. The first-order valence-electron chi connectivity index (χ1n) is 8.75. The van der Waals surface area contributed by atoms with Crippen molar-refractivity contribution in [2.24, 2.45) is 0 Å². The number of carbonyl (C=O) groups excluding carboxylic acids is 3. The van der Waals surface area contributed by atoms with Gasteiger partial charge in [-0.25, -0.2) is 9.59 Å². The summed E-state index contributed by atoms with van der Waals surface area (Å²) in [5.74, 6) is -0.360. The molecule has 8 heteroatoms. The van der Waals surface area contributed by atoms with Gasteiger partial charge in [-0.2, -0.15) is 0 Å². The van der Waals surface area contributed by atoms with Gasteiger partial charge in [-0.3, -0.25) is 10.1 Å². The van der Waals surface area contributed by atoms with Crippen LogP contribution >= 0.6 is 0 Å². The largest absolute Gasteiger partial charge is 0.454 e. The van der Waals surface area contributed by atoms with Crippen LogP contribution in [-0.4, -0.2) is 36.8 Å². The molecular formula is C18H22N2O6. The van der Waals surface area contributed by atoms with Crippen molar-refractivity contribution in [1.82, 2.24) is 10.6 Å². The van der Waals surface area contributed by atoms with E-state index < -0.39 is 24.0 Å². The minimum Gasteiger partial charge on any atom is -0.454 e. The lowest BCUT2D eigenvalue weighted by Crippen LogP contribution is -2.48. The highest BCUT2D eigenvalue weighted by Gasteiger charge is 2.24. The topological polar surface area (TPSA) is 103 Å². The summed E-state index contributed by atoms with van der Waals surface area (Å²) < 4.78 is 15.5. The number of ether oxygens (including phenoxy) is 3. The highest BCUT2D eigenvalue weighted by Crippen LogP contribution is 2.32. The third kappa shape index (κ3) is 4.44. The fourth-order valence-corrected chi connectivity index (χ4v) is 2.99. The molecule has 0 saturated heterocycles. The maximum atomic E-state index is 12.2. The molecule has 0 bridgehead atoms. The molecule has 2 N–H and O–H groups in total. The second-order valence-electron chi connectivity index (χ2n) is 6.41. The minimum absolute atomic E-state index is 0.0861. The zero-order chi connectivity index (χ0) is 18.5. The van der Waals surface area contributed by atoms with Crippen LogP contribution in [0.25, 0.3) is 0 Å². The average molecular weight is 362 g/mol. The molecule has 1 fully saturated rings. The molecule has 1 saturated carbocycles. The zero-order valence-electron chi connectivity index (χ0n) is 14.6. The van der Waals surface area contributed by atoms with Crippen LogP contribution in [0.5, 0.6) is 11.5 Å². The lowest BCUT2D eigenvalue weighted by atomic mass is 9.96. The van der Waals surface area contributed by atoms with E-state index in [1.165, 1.54) is 25.5 Å². The Morgan fingerprint density at radius 2 is 1.85 bits per heavy atom. The molecule has 1 aromatic carbocycles. The van der Waals surface area contributed by atoms with Crippen LogP contribution in [0.4, 0.5) is 4.79 Å². The number of benzene rings is 1. The van der Waals surface area contributed by atoms with Gasteiger partial charge in [0.25, 0.3) is 5.91 Å². The van der Waals surface area contributed by atoms with Crippen molar-refractivity contribution in [3.8, 4) is 11.5 Å². The number of amides is 3. The molecule has 0 spiro atoms. The first-order chi connectivity index (χ1) is 12.5. The monoisotopic (exact) mass is 362 g/mol. The summed E-state index contributed by atoms with van der Waals surface area (Å²) in [5, 5.41) is 4.99. The van der Waals surface area contributed by atoms with Crippen LogP contribution in [0.15, 0.2) is 18.2 Å². The Kier molecular flexibility index (Phi) is 5.60. The van der Waals surface area contributed by atoms with E-state index in [0.29, 0.717) is 11.5 Å². The maximum Gasteiger partial charge on any atom is 0.339 e. The smallest absolute Gasteiger partial charge is 0.339 e. The van der Waals surface area contributed by atoms with Gasteiger partial charge in [0.1, 0.15) is 0 Å². The van der Waals surface area contributed by atoms with Gasteiger partial charge in [0, 0.05) is 6.04 Å². The molecule has 3 rings (SSSR count). The Morgan fingerprint density at radius 3 is 2.62 bits per heavy atom. The molecule has 1 aromatic rings. The molecule has 1 atom stereocenters. The molecule has 1 aliphatic carbocycles. The standard InChI is InChI=1S/C18H22N2O6/c1-11(16(21)20-18(23)19-13-5-3-2-4-6-13)26-17(22)12-7-8-14-15(9-12)25-10-24-14/h7-9,11,13H,2-6,10H2,1H3,(H2,19,20,21,23)/t11-/m0/s1. The predicted molar refractivity (Wildman–Crippen MR) is 91.0 cm³/mol. The van der Waals surface area contributed by atoms with Gasteiger partial charge in [0.2, 0.25) is 6.79 Å². The Labute approximate surface area is 151 Å². The van der Waals surface area contributed by atoms with E-state index in [1.807, 2.05) is 0 Å². The molecule has 140 valence electrons. The number of hydrogen-bond acceptors (Lipinski definition) is 6. The maximum absolute atomic E-state index is 12.2. The Morgan fingerprint density at radius 1 is 1.12 bits per heavy atom. The van der Waals surface area contributed by atoms with Gasteiger partial charge in [-0.1, -0.05) is 19.3 Å². The van der Waals surface area contributed by atoms with Crippen molar-refractivity contribution in [2.45, 2.75) is 51.2 Å². The first kappa shape index (κ1) is 18.0. The molecule has 0 aromatic heterocycles. The van der Waals surface area contributed by atoms with Crippen LogP contribution in [-0.2, 0) is 9.53 Å². The highest BCUT2D eigenvalue weighted by atomic mass is 16.7. The van der Waals surface area contributed by atoms with E-state index >= 15 is 0 Å². The summed E-state index contributed by atoms with van der Waals surface area (Å²) >= 11 is 0. The van der Waals surface area contributed by atoms with E-state index in [4.69, 9.17) is 14.2 Å². The summed E-state index contributed by atoms with van der Waals surface area (Å²) in [6.07, 6.45) is 4.04. The van der Waals surface area contributed by atoms with Gasteiger partial charge in [0.05, 0.1) is 5.56 Å². The summed E-state index contributed by atoms with van der Waals surface area (Å²) in [6.45, 7) is 1.51. The van der Waals surface area contributed by atoms with Crippen LogP contribution in [0.3, 0.4) is 0 Å². The van der Waals surface area contributed by atoms with E-state index in [1.54, 1.807) is 6.07 Å². The number of rotatable bonds is 4. The fourth-order valence-electron chi connectivity index (χ4n) is 2.99. The Balaban J connectivity index is 1.48. The Hall–Kier alpha value is -2.77. The quantitative estimate of drug-likeness (QED) is 0.796. The molecule has 2 aliphatic rings. The number of hydrogen-bond donors (Lipinski definition) is 2. The first-order valence-corrected chi connectivity index (χ1v) is 8.75. The minimum atomic E-state index is -1.11. The summed E-state index contributed by atoms with van der Waals surface area (Å²) in [7, 11) is 0. The van der Waals surface area contributed by atoms with Crippen LogP contribution in [0, 0.1) is 0 Å². The third-order valence-electron chi connectivity index (χ3n) is 4.44. The van der Waals surface area contributed by atoms with Crippen LogP contribution < -0.4 is 20.1 Å². The van der Waals surface area contributed by atoms with Gasteiger partial charge < -0.3 is 19.5 Å². The molecule has 0 unspecified atom stereocenters. The molecule has 3 amide bonds. The molecule has 8 nitrogen and oxygen atoms in total. The van der Waals surface area contributed by atoms with Gasteiger partial charge >= 0.3 is 12.0 Å². The van der Waals surface area contributed by atoms with Crippen molar-refractivity contribution < 1.29 is 28.6 Å². The van der Waals surface area contributed by atoms with Crippen molar-refractivity contribution in [3.63, 3.8) is 0 Å². The fraction of sp³-hybridized carbons (Fsp3) is 0.500. The molecule has 0 radical (unpaired) electrons. The molecule has 26 heavy (non-hydrogen) atoms. The van der Waals surface area contributed by atoms with Crippen molar-refractivity contribution >= 4 is 17.9 Å². The van der Waals surface area contributed by atoms with Crippen molar-refractivity contribution in [2.75, 3.05) is 6.79 Å². The van der Waals surface area contributed by atoms with Gasteiger partial charge in [-0.15, -0.1) is 0 Å². The normalized spacial score (nSPS) is 17.3. The Bertz CT molecular complexity index is 699. The third-order valence-corrected chi connectivity index (χ3v) is 4.44. The molecule has 1 aliphatic heterocycles. The number of urea groups is 1. The van der Waals surface area contributed by atoms with Gasteiger partial charge in [0.15, 0.2) is 17.6 Å². The zero-order valence-corrected chi connectivity index (χ0v) is 14.6. The van der Waals surface area contributed by atoms with E-state index in [9.17, 15) is 14.4 Å². The lowest BCUT2D eigenvalue weighted by molar-refractivity contribution is -0.127. The van der Waals surface area contributed by atoms with Crippen molar-refractivity contribution in [1.29, 1.82) is 0 Å². The van der Waals surface area contributed by atoms with E-state index in [-0.39, 0.29) is 18.4 Å². The van der Waals surface area contributed by atoms with Crippen molar-refractivity contribution in [3.05, 3.63) is 23.8 Å². The van der Waals surface area contributed by atoms with E-state index in [2.05, 4.69) is 10.6 Å². The molecular weight excluding hydrogens is 340 g/mol. The SMILES string of the molecule is C[C@H](OC(=O)c1ccc2c(c1)OCO2)C(=O)NC(=O)NC1CCCCC1. The average Bonchev–Trinajstić information content (AvgIpc) is 3.10. The lowest BCUT2D eigenvalue weighted by Gasteiger charge is -2.23. The number of imide groups is 1. The molecule has 1 heterocycles. The second-order valence-corrected chi connectivity index (χ2v) is 6.41. The number of nitrogens with one attached hydrogen (secondary N) is 2. The number of fused-ring (bicyclic) bond motifs is 1.